The van der Waals surface area contributed by atoms with Crippen molar-refractivity contribution in [3.05, 3.63) is 54.1 Å². The van der Waals surface area contributed by atoms with Crippen LogP contribution in [0.1, 0.15) is 10.4 Å². The van der Waals surface area contributed by atoms with Gasteiger partial charge in [0.15, 0.2) is 0 Å². The molecule has 0 spiro atoms. The van der Waals surface area contributed by atoms with Crippen LogP contribution in [0.3, 0.4) is 0 Å². The summed E-state index contributed by atoms with van der Waals surface area (Å²) in [6.07, 6.45) is 0. The van der Waals surface area contributed by atoms with Crippen LogP contribution in [0.25, 0.3) is 11.1 Å². The number of aliphatic hydroxyl groups excluding tert-OH is 1. The summed E-state index contributed by atoms with van der Waals surface area (Å²) >= 11 is 0. The fourth-order valence-corrected chi connectivity index (χ4v) is 1.65. The van der Waals surface area contributed by atoms with Crippen molar-refractivity contribution in [1.29, 1.82) is 0 Å². The van der Waals surface area contributed by atoms with E-state index in [1.807, 2.05) is 36.4 Å². The second-order valence-electron chi connectivity index (χ2n) is 3.68. The lowest BCUT2D eigenvalue weighted by Gasteiger charge is -2.05. The largest absolute Gasteiger partial charge is 0.497 e. The summed E-state index contributed by atoms with van der Waals surface area (Å²) in [6.45, 7) is 0. The molecule has 3 N–H and O–H groups in total. The highest BCUT2D eigenvalue weighted by Crippen LogP contribution is 2.24. The SMILES string of the molecule is CO.COc1cccc(-c2cccc(C(N)=O)c2)c1. The number of primary amides is 1. The molecular formula is C15H17NO3. The summed E-state index contributed by atoms with van der Waals surface area (Å²) < 4.78 is 5.16. The number of amides is 1. The van der Waals surface area contributed by atoms with Crippen molar-refractivity contribution in [3.8, 4) is 16.9 Å². The maximum atomic E-state index is 11.1. The smallest absolute Gasteiger partial charge is 0.248 e. The van der Waals surface area contributed by atoms with Crippen molar-refractivity contribution in [2.45, 2.75) is 0 Å². The molecule has 0 bridgehead atoms. The zero-order valence-corrected chi connectivity index (χ0v) is 11.0. The Bertz CT molecular complexity index is 553. The minimum Gasteiger partial charge on any atom is -0.497 e. The second kappa shape index (κ2) is 7.18. The number of hydrogen-bond acceptors (Lipinski definition) is 3. The standard InChI is InChI=1S/C14H13NO2.CH4O/c1-17-13-7-3-5-11(9-13)10-4-2-6-12(8-10)14(15)16;1-2/h2-9H,1H3,(H2,15,16);2H,1H3. The van der Waals surface area contributed by atoms with E-state index < -0.39 is 5.91 Å². The van der Waals surface area contributed by atoms with Crippen LogP contribution in [0, 0.1) is 0 Å². The quantitative estimate of drug-likeness (QED) is 0.886. The highest BCUT2D eigenvalue weighted by Gasteiger charge is 2.03. The summed E-state index contributed by atoms with van der Waals surface area (Å²) in [6, 6.07) is 14.9. The zero-order chi connectivity index (χ0) is 14.3. The van der Waals surface area contributed by atoms with Crippen molar-refractivity contribution in [2.24, 2.45) is 5.73 Å². The molecule has 0 heterocycles. The van der Waals surface area contributed by atoms with Crippen LogP contribution < -0.4 is 10.5 Å². The summed E-state index contributed by atoms with van der Waals surface area (Å²) in [7, 11) is 2.62. The van der Waals surface area contributed by atoms with Gasteiger partial charge in [-0.2, -0.15) is 0 Å². The van der Waals surface area contributed by atoms with Gasteiger partial charge >= 0.3 is 0 Å². The third-order valence-electron chi connectivity index (χ3n) is 2.55. The van der Waals surface area contributed by atoms with E-state index in [1.54, 1.807) is 19.2 Å². The van der Waals surface area contributed by atoms with Crippen LogP contribution in [0.4, 0.5) is 0 Å². The Kier molecular flexibility index (Phi) is 5.57. The molecule has 0 fully saturated rings. The van der Waals surface area contributed by atoms with E-state index >= 15 is 0 Å². The Balaban J connectivity index is 0.000000861. The van der Waals surface area contributed by atoms with Crippen molar-refractivity contribution >= 4 is 5.91 Å². The van der Waals surface area contributed by atoms with Gasteiger partial charge in [-0.25, -0.2) is 0 Å². The van der Waals surface area contributed by atoms with Gasteiger partial charge in [0.1, 0.15) is 5.75 Å². The molecule has 2 aromatic rings. The van der Waals surface area contributed by atoms with E-state index in [0.717, 1.165) is 24.0 Å². The number of ether oxygens (including phenoxy) is 1. The molecule has 0 aliphatic carbocycles. The van der Waals surface area contributed by atoms with Gasteiger partial charge in [0.25, 0.3) is 0 Å². The van der Waals surface area contributed by atoms with Crippen molar-refractivity contribution in [1.82, 2.24) is 0 Å². The molecular weight excluding hydrogens is 242 g/mol. The van der Waals surface area contributed by atoms with Gasteiger partial charge in [0, 0.05) is 12.7 Å². The Hall–Kier alpha value is -2.33. The van der Waals surface area contributed by atoms with Crippen molar-refractivity contribution < 1.29 is 14.6 Å². The molecule has 0 unspecified atom stereocenters. The summed E-state index contributed by atoms with van der Waals surface area (Å²) in [5, 5.41) is 7.00. The number of benzene rings is 2. The molecule has 0 aliphatic heterocycles. The van der Waals surface area contributed by atoms with Gasteiger partial charge < -0.3 is 15.6 Å². The van der Waals surface area contributed by atoms with Crippen LogP contribution in [0.5, 0.6) is 5.75 Å². The normalized spacial score (nSPS) is 9.21. The van der Waals surface area contributed by atoms with Gasteiger partial charge in [-0.05, 0) is 35.4 Å². The number of hydrogen-bond donors (Lipinski definition) is 2. The number of carbonyl (C=O) groups excluding carboxylic acids is 1. The van der Waals surface area contributed by atoms with Gasteiger partial charge in [0.05, 0.1) is 7.11 Å². The highest BCUT2D eigenvalue weighted by atomic mass is 16.5. The number of nitrogens with two attached hydrogens (primary N) is 1. The average Bonchev–Trinajstić information content (AvgIpc) is 2.49. The van der Waals surface area contributed by atoms with Crippen LogP contribution in [0.2, 0.25) is 0 Å². The fraction of sp³-hybridized carbons (Fsp3) is 0.133. The second-order valence-corrected chi connectivity index (χ2v) is 3.68. The topological polar surface area (TPSA) is 72.6 Å². The average molecular weight is 259 g/mol. The lowest BCUT2D eigenvalue weighted by molar-refractivity contribution is 0.100. The van der Waals surface area contributed by atoms with E-state index in [1.165, 1.54) is 0 Å². The summed E-state index contributed by atoms with van der Waals surface area (Å²) in [4.78, 5) is 11.1. The van der Waals surface area contributed by atoms with Gasteiger partial charge in [0.2, 0.25) is 5.91 Å². The van der Waals surface area contributed by atoms with Crippen molar-refractivity contribution in [3.63, 3.8) is 0 Å². The minimum absolute atomic E-state index is 0.422. The Morgan fingerprint density at radius 2 is 1.63 bits per heavy atom. The van der Waals surface area contributed by atoms with E-state index in [9.17, 15) is 4.79 Å². The lowest BCUT2D eigenvalue weighted by atomic mass is 10.0. The van der Waals surface area contributed by atoms with Crippen molar-refractivity contribution in [2.75, 3.05) is 14.2 Å². The maximum Gasteiger partial charge on any atom is 0.248 e. The number of aliphatic hydroxyl groups is 1. The molecule has 0 radical (unpaired) electrons. The first-order valence-electron chi connectivity index (χ1n) is 5.70. The minimum atomic E-state index is -0.422. The molecule has 0 atom stereocenters. The molecule has 4 nitrogen and oxygen atoms in total. The lowest BCUT2D eigenvalue weighted by Crippen LogP contribution is -2.10. The molecule has 2 rings (SSSR count). The van der Waals surface area contributed by atoms with Crippen LogP contribution >= 0.6 is 0 Å². The third-order valence-corrected chi connectivity index (χ3v) is 2.55. The van der Waals surface area contributed by atoms with E-state index in [0.29, 0.717) is 5.56 Å². The molecule has 0 saturated heterocycles. The molecule has 0 saturated carbocycles. The molecule has 0 aliphatic rings. The monoisotopic (exact) mass is 259 g/mol. The molecule has 19 heavy (non-hydrogen) atoms. The zero-order valence-electron chi connectivity index (χ0n) is 11.0. The maximum absolute atomic E-state index is 11.1. The van der Waals surface area contributed by atoms with Crippen LogP contribution in [-0.2, 0) is 0 Å². The van der Waals surface area contributed by atoms with E-state index in [-0.39, 0.29) is 0 Å². The summed E-state index contributed by atoms with van der Waals surface area (Å²) in [5.74, 6) is 0.363. The number of rotatable bonds is 3. The molecule has 100 valence electrons. The predicted octanol–water partition coefficient (Wildman–Crippen LogP) is 2.07. The van der Waals surface area contributed by atoms with Gasteiger partial charge in [-0.1, -0.05) is 24.3 Å². The first kappa shape index (κ1) is 14.7. The van der Waals surface area contributed by atoms with Crippen LogP contribution in [-0.4, -0.2) is 25.2 Å². The highest BCUT2D eigenvalue weighted by molar-refractivity contribution is 5.94. The molecule has 4 heteroatoms. The number of methoxy groups -OCH3 is 1. The van der Waals surface area contributed by atoms with Gasteiger partial charge in [-0.15, -0.1) is 0 Å². The van der Waals surface area contributed by atoms with E-state index in [4.69, 9.17) is 15.6 Å². The summed E-state index contributed by atoms with van der Waals surface area (Å²) in [5.41, 5.74) is 7.70. The Labute approximate surface area is 112 Å². The predicted molar refractivity (Wildman–Crippen MR) is 75.1 cm³/mol. The van der Waals surface area contributed by atoms with Crippen LogP contribution in [0.15, 0.2) is 48.5 Å². The fourth-order valence-electron chi connectivity index (χ4n) is 1.65. The molecule has 0 aromatic heterocycles. The molecule has 1 amide bonds. The first-order valence-corrected chi connectivity index (χ1v) is 5.70. The van der Waals surface area contributed by atoms with Gasteiger partial charge in [-0.3, -0.25) is 4.79 Å². The number of carbonyl (C=O) groups is 1. The first-order chi connectivity index (χ1) is 9.20. The third kappa shape index (κ3) is 3.82. The molecule has 2 aromatic carbocycles. The van der Waals surface area contributed by atoms with E-state index in [2.05, 4.69) is 0 Å². The Morgan fingerprint density at radius 3 is 2.21 bits per heavy atom. The Morgan fingerprint density at radius 1 is 1.05 bits per heavy atom.